The molecule has 2 rings (SSSR count). The number of hydrogen-bond donors (Lipinski definition) is 2. The molecular weight excluding hydrogens is 256 g/mol. The number of nitrogens with one attached hydrogen (secondary N) is 2. The molecule has 4 heteroatoms. The van der Waals surface area contributed by atoms with Gasteiger partial charge in [0, 0.05) is 16.8 Å². The SMILES string of the molecule is CNC1(CC(=O)NCc2sccc2C)CCCCC1. The third-order valence-electron chi connectivity index (χ3n) is 4.25. The van der Waals surface area contributed by atoms with Crippen molar-refractivity contribution < 1.29 is 4.79 Å². The van der Waals surface area contributed by atoms with Gasteiger partial charge in [0.25, 0.3) is 0 Å². The minimum Gasteiger partial charge on any atom is -0.351 e. The first-order valence-corrected chi connectivity index (χ1v) is 8.02. The molecule has 3 nitrogen and oxygen atoms in total. The Balaban J connectivity index is 1.84. The molecule has 1 aliphatic rings. The van der Waals surface area contributed by atoms with Crippen LogP contribution in [-0.2, 0) is 11.3 Å². The maximum absolute atomic E-state index is 12.1. The van der Waals surface area contributed by atoms with Crippen LogP contribution in [0.3, 0.4) is 0 Å². The molecule has 0 aromatic carbocycles. The van der Waals surface area contributed by atoms with Gasteiger partial charge in [-0.15, -0.1) is 11.3 Å². The lowest BCUT2D eigenvalue weighted by molar-refractivity contribution is -0.123. The van der Waals surface area contributed by atoms with Crippen LogP contribution >= 0.6 is 11.3 Å². The summed E-state index contributed by atoms with van der Waals surface area (Å²) in [5.74, 6) is 0.170. The fourth-order valence-electron chi connectivity index (χ4n) is 2.88. The van der Waals surface area contributed by atoms with Gasteiger partial charge in [-0.2, -0.15) is 0 Å². The Bertz CT molecular complexity index is 422. The number of thiophene rings is 1. The van der Waals surface area contributed by atoms with Crippen LogP contribution in [0.4, 0.5) is 0 Å². The van der Waals surface area contributed by atoms with Gasteiger partial charge in [0.05, 0.1) is 6.54 Å². The van der Waals surface area contributed by atoms with E-state index >= 15 is 0 Å². The predicted octanol–water partition coefficient (Wildman–Crippen LogP) is 2.99. The van der Waals surface area contributed by atoms with Crippen LogP contribution in [0.5, 0.6) is 0 Å². The third-order valence-corrected chi connectivity index (χ3v) is 5.28. The second kappa shape index (κ2) is 6.53. The van der Waals surface area contributed by atoms with Gasteiger partial charge in [-0.3, -0.25) is 4.79 Å². The van der Waals surface area contributed by atoms with Crippen molar-refractivity contribution in [3.8, 4) is 0 Å². The maximum Gasteiger partial charge on any atom is 0.222 e. The molecule has 106 valence electrons. The second-order valence-electron chi connectivity index (χ2n) is 5.57. The molecular formula is C15H24N2OS. The summed E-state index contributed by atoms with van der Waals surface area (Å²) in [5.41, 5.74) is 1.30. The van der Waals surface area contributed by atoms with Crippen molar-refractivity contribution in [3.63, 3.8) is 0 Å². The molecule has 0 unspecified atom stereocenters. The highest BCUT2D eigenvalue weighted by Crippen LogP contribution is 2.30. The van der Waals surface area contributed by atoms with Gasteiger partial charge in [-0.05, 0) is 43.8 Å². The normalized spacial score (nSPS) is 18.2. The Morgan fingerprint density at radius 1 is 1.37 bits per heavy atom. The molecule has 0 radical (unpaired) electrons. The molecule has 1 fully saturated rings. The van der Waals surface area contributed by atoms with Crippen molar-refractivity contribution >= 4 is 17.2 Å². The predicted molar refractivity (Wildman–Crippen MR) is 80.4 cm³/mol. The molecule has 0 aliphatic heterocycles. The monoisotopic (exact) mass is 280 g/mol. The van der Waals surface area contributed by atoms with E-state index in [-0.39, 0.29) is 11.4 Å². The van der Waals surface area contributed by atoms with Gasteiger partial charge in [0.15, 0.2) is 0 Å². The largest absolute Gasteiger partial charge is 0.351 e. The van der Waals surface area contributed by atoms with Crippen LogP contribution in [0.25, 0.3) is 0 Å². The quantitative estimate of drug-likeness (QED) is 0.870. The zero-order chi connectivity index (χ0) is 13.7. The molecule has 0 saturated heterocycles. The van der Waals surface area contributed by atoms with Crippen LogP contribution in [0.1, 0.15) is 49.0 Å². The van der Waals surface area contributed by atoms with Gasteiger partial charge in [-0.25, -0.2) is 0 Å². The van der Waals surface area contributed by atoms with Crippen LogP contribution in [0.2, 0.25) is 0 Å². The van der Waals surface area contributed by atoms with E-state index in [1.165, 1.54) is 29.7 Å². The van der Waals surface area contributed by atoms with Crippen LogP contribution in [0.15, 0.2) is 11.4 Å². The molecule has 1 aliphatic carbocycles. The first-order valence-electron chi connectivity index (χ1n) is 7.14. The van der Waals surface area contributed by atoms with Gasteiger partial charge < -0.3 is 10.6 Å². The molecule has 2 N–H and O–H groups in total. The lowest BCUT2D eigenvalue weighted by Crippen LogP contribution is -2.48. The van der Waals surface area contributed by atoms with Crippen LogP contribution in [0, 0.1) is 6.92 Å². The summed E-state index contributed by atoms with van der Waals surface area (Å²) in [4.78, 5) is 13.4. The van der Waals surface area contributed by atoms with E-state index in [9.17, 15) is 4.79 Å². The number of aryl methyl sites for hydroxylation is 1. The standard InChI is InChI=1S/C15H24N2OS/c1-12-6-9-19-13(12)11-17-14(18)10-15(16-2)7-4-3-5-8-15/h6,9,16H,3-5,7-8,10-11H2,1-2H3,(H,17,18). The van der Waals surface area contributed by atoms with Gasteiger partial charge in [-0.1, -0.05) is 19.3 Å². The Morgan fingerprint density at radius 2 is 2.11 bits per heavy atom. The highest BCUT2D eigenvalue weighted by Gasteiger charge is 2.32. The minimum absolute atomic E-state index is 0.0346. The zero-order valence-corrected chi connectivity index (χ0v) is 12.7. The first kappa shape index (κ1) is 14.5. The molecule has 0 bridgehead atoms. The van der Waals surface area contributed by atoms with E-state index < -0.39 is 0 Å². The fraction of sp³-hybridized carbons (Fsp3) is 0.667. The molecule has 1 heterocycles. The van der Waals surface area contributed by atoms with E-state index in [1.54, 1.807) is 11.3 Å². The van der Waals surface area contributed by atoms with E-state index in [0.29, 0.717) is 13.0 Å². The van der Waals surface area contributed by atoms with Gasteiger partial charge in [0.2, 0.25) is 5.91 Å². The van der Waals surface area contributed by atoms with E-state index in [0.717, 1.165) is 12.8 Å². The van der Waals surface area contributed by atoms with Crippen molar-refractivity contribution in [2.45, 2.75) is 57.5 Å². The van der Waals surface area contributed by atoms with Gasteiger partial charge in [0.1, 0.15) is 0 Å². The average molecular weight is 280 g/mol. The molecule has 1 amide bonds. The minimum atomic E-state index is 0.0346. The maximum atomic E-state index is 12.1. The van der Waals surface area contributed by atoms with E-state index in [2.05, 4.69) is 29.0 Å². The van der Waals surface area contributed by atoms with Crippen molar-refractivity contribution in [1.82, 2.24) is 10.6 Å². The lowest BCUT2D eigenvalue weighted by Gasteiger charge is -2.36. The van der Waals surface area contributed by atoms with Crippen LogP contribution in [-0.4, -0.2) is 18.5 Å². The number of carbonyl (C=O) groups is 1. The average Bonchev–Trinajstić information content (AvgIpc) is 2.83. The smallest absolute Gasteiger partial charge is 0.222 e. The van der Waals surface area contributed by atoms with Gasteiger partial charge >= 0.3 is 0 Å². The second-order valence-corrected chi connectivity index (χ2v) is 6.57. The third kappa shape index (κ3) is 3.80. The number of carbonyl (C=O) groups excluding carboxylic acids is 1. The molecule has 0 atom stereocenters. The summed E-state index contributed by atoms with van der Waals surface area (Å²) >= 11 is 1.71. The van der Waals surface area contributed by atoms with E-state index in [1.807, 2.05) is 7.05 Å². The van der Waals surface area contributed by atoms with E-state index in [4.69, 9.17) is 0 Å². The van der Waals surface area contributed by atoms with Crippen LogP contribution < -0.4 is 10.6 Å². The summed E-state index contributed by atoms with van der Waals surface area (Å²) in [6.45, 7) is 2.76. The molecule has 1 saturated carbocycles. The summed E-state index contributed by atoms with van der Waals surface area (Å²) in [6, 6.07) is 2.10. The number of hydrogen-bond acceptors (Lipinski definition) is 3. The summed E-state index contributed by atoms with van der Waals surface area (Å²) < 4.78 is 0. The Kier molecular flexibility index (Phi) is 4.99. The van der Waals surface area contributed by atoms with Crippen molar-refractivity contribution in [2.75, 3.05) is 7.05 Å². The van der Waals surface area contributed by atoms with Crippen molar-refractivity contribution in [2.24, 2.45) is 0 Å². The highest BCUT2D eigenvalue weighted by atomic mass is 32.1. The Labute approximate surface area is 119 Å². The molecule has 1 aromatic rings. The molecule has 19 heavy (non-hydrogen) atoms. The molecule has 0 spiro atoms. The Hall–Kier alpha value is -0.870. The highest BCUT2D eigenvalue weighted by molar-refractivity contribution is 7.10. The van der Waals surface area contributed by atoms with Crippen molar-refractivity contribution in [3.05, 3.63) is 21.9 Å². The molecule has 1 aromatic heterocycles. The Morgan fingerprint density at radius 3 is 2.68 bits per heavy atom. The summed E-state index contributed by atoms with van der Waals surface area (Å²) in [6.07, 6.45) is 6.62. The summed E-state index contributed by atoms with van der Waals surface area (Å²) in [7, 11) is 1.99. The fourth-order valence-corrected chi connectivity index (χ4v) is 3.72. The topological polar surface area (TPSA) is 41.1 Å². The lowest BCUT2D eigenvalue weighted by atomic mass is 9.79. The first-order chi connectivity index (χ1) is 9.15. The number of amides is 1. The summed E-state index contributed by atoms with van der Waals surface area (Å²) in [5, 5.41) is 8.53. The number of rotatable bonds is 5. The zero-order valence-electron chi connectivity index (χ0n) is 11.9. The van der Waals surface area contributed by atoms with Crippen molar-refractivity contribution in [1.29, 1.82) is 0 Å².